The van der Waals surface area contributed by atoms with Crippen LogP contribution in [0.5, 0.6) is 5.75 Å². The summed E-state index contributed by atoms with van der Waals surface area (Å²) in [4.78, 5) is 12.3. The third-order valence-corrected chi connectivity index (χ3v) is 5.71. The number of sulfonamides is 1. The predicted octanol–water partition coefficient (Wildman–Crippen LogP) is 3.43. The van der Waals surface area contributed by atoms with E-state index >= 15 is 0 Å². The molecule has 0 aliphatic carbocycles. The van der Waals surface area contributed by atoms with Crippen molar-refractivity contribution in [3.05, 3.63) is 59.7 Å². The van der Waals surface area contributed by atoms with Gasteiger partial charge in [-0.25, -0.2) is 8.42 Å². The third kappa shape index (κ3) is 5.73. The number of hydrogen-bond donors (Lipinski definition) is 1. The fraction of sp³-hybridized carbons (Fsp3) is 0.381. The number of para-hydroxylation sites is 2. The molecular formula is C21H28N2O4S. The van der Waals surface area contributed by atoms with Crippen LogP contribution in [0.4, 0.5) is 5.69 Å². The molecule has 0 saturated heterocycles. The second kappa shape index (κ2) is 9.59. The fourth-order valence-electron chi connectivity index (χ4n) is 3.11. The molecule has 1 unspecified atom stereocenters. The van der Waals surface area contributed by atoms with Crippen LogP contribution in [0.15, 0.2) is 48.5 Å². The Labute approximate surface area is 167 Å². The standard InChI is InChI=1S/C21H28N2O4S/c1-16-10-5-7-12-19(16)23(28(4,25)26)15-9-14-21(24)22-17(2)18-11-6-8-13-20(18)27-3/h5-8,10-13,17H,9,14-15H2,1-4H3,(H,22,24). The van der Waals surface area contributed by atoms with E-state index in [1.807, 2.05) is 56.3 Å². The Morgan fingerprint density at radius 3 is 2.43 bits per heavy atom. The van der Waals surface area contributed by atoms with E-state index in [0.717, 1.165) is 16.9 Å². The molecular weight excluding hydrogens is 376 g/mol. The van der Waals surface area contributed by atoms with E-state index in [1.165, 1.54) is 10.6 Å². The minimum Gasteiger partial charge on any atom is -0.496 e. The molecule has 0 fully saturated rings. The maximum absolute atomic E-state index is 12.3. The van der Waals surface area contributed by atoms with Crippen LogP contribution >= 0.6 is 0 Å². The number of amides is 1. The van der Waals surface area contributed by atoms with Crippen LogP contribution in [0, 0.1) is 6.92 Å². The predicted molar refractivity (Wildman–Crippen MR) is 112 cm³/mol. The molecule has 0 heterocycles. The summed E-state index contributed by atoms with van der Waals surface area (Å²) in [6.07, 6.45) is 1.84. The average Bonchev–Trinajstić information content (AvgIpc) is 2.65. The first-order valence-electron chi connectivity index (χ1n) is 9.19. The monoisotopic (exact) mass is 404 g/mol. The van der Waals surface area contributed by atoms with Crippen molar-refractivity contribution in [2.75, 3.05) is 24.2 Å². The van der Waals surface area contributed by atoms with Gasteiger partial charge >= 0.3 is 0 Å². The van der Waals surface area contributed by atoms with Crippen LogP contribution in [0.2, 0.25) is 0 Å². The first kappa shape index (κ1) is 21.8. The Morgan fingerprint density at radius 2 is 1.79 bits per heavy atom. The maximum Gasteiger partial charge on any atom is 0.232 e. The van der Waals surface area contributed by atoms with Crippen molar-refractivity contribution in [2.24, 2.45) is 0 Å². The lowest BCUT2D eigenvalue weighted by Crippen LogP contribution is -2.33. The summed E-state index contributed by atoms with van der Waals surface area (Å²) in [5.41, 5.74) is 2.42. The summed E-state index contributed by atoms with van der Waals surface area (Å²) >= 11 is 0. The smallest absolute Gasteiger partial charge is 0.232 e. The van der Waals surface area contributed by atoms with E-state index in [4.69, 9.17) is 4.74 Å². The Bertz CT molecular complexity index is 912. The quantitative estimate of drug-likeness (QED) is 0.695. The van der Waals surface area contributed by atoms with Crippen LogP contribution in [0.1, 0.15) is 36.9 Å². The number of carbonyl (C=O) groups is 1. The highest BCUT2D eigenvalue weighted by molar-refractivity contribution is 7.92. The third-order valence-electron chi connectivity index (χ3n) is 4.53. The van der Waals surface area contributed by atoms with Gasteiger partial charge in [-0.1, -0.05) is 36.4 Å². The van der Waals surface area contributed by atoms with E-state index < -0.39 is 10.0 Å². The van der Waals surface area contributed by atoms with Gasteiger partial charge in [-0.05, 0) is 38.0 Å². The Hall–Kier alpha value is -2.54. The zero-order valence-corrected chi connectivity index (χ0v) is 17.6. The number of aryl methyl sites for hydroxylation is 1. The van der Waals surface area contributed by atoms with Gasteiger partial charge in [0.15, 0.2) is 0 Å². The summed E-state index contributed by atoms with van der Waals surface area (Å²) in [6, 6.07) is 14.7. The Kier molecular flexibility index (Phi) is 7.45. The van der Waals surface area contributed by atoms with Gasteiger partial charge in [-0.3, -0.25) is 9.10 Å². The molecule has 7 heteroatoms. The minimum absolute atomic E-state index is 0.128. The molecule has 0 aromatic heterocycles. The maximum atomic E-state index is 12.3. The average molecular weight is 405 g/mol. The number of anilines is 1. The Morgan fingerprint density at radius 1 is 1.14 bits per heavy atom. The van der Waals surface area contributed by atoms with Crippen molar-refractivity contribution in [3.8, 4) is 5.75 Å². The summed E-state index contributed by atoms with van der Waals surface area (Å²) in [5.74, 6) is 0.592. The second-order valence-corrected chi connectivity index (χ2v) is 8.66. The molecule has 0 aliphatic rings. The first-order chi connectivity index (χ1) is 13.2. The van der Waals surface area contributed by atoms with E-state index in [0.29, 0.717) is 12.1 Å². The summed E-state index contributed by atoms with van der Waals surface area (Å²) < 4.78 is 31.1. The van der Waals surface area contributed by atoms with E-state index in [-0.39, 0.29) is 24.9 Å². The van der Waals surface area contributed by atoms with E-state index in [2.05, 4.69) is 5.32 Å². The fourth-order valence-corrected chi connectivity index (χ4v) is 4.13. The molecule has 0 spiro atoms. The van der Waals surface area contributed by atoms with Crippen LogP contribution in [0.25, 0.3) is 0 Å². The van der Waals surface area contributed by atoms with Crippen molar-refractivity contribution < 1.29 is 17.9 Å². The number of benzene rings is 2. The van der Waals surface area contributed by atoms with Crippen molar-refractivity contribution in [2.45, 2.75) is 32.7 Å². The molecule has 0 aliphatic heterocycles. The highest BCUT2D eigenvalue weighted by Gasteiger charge is 2.19. The summed E-state index contributed by atoms with van der Waals surface area (Å²) in [6.45, 7) is 4.02. The largest absolute Gasteiger partial charge is 0.496 e. The van der Waals surface area contributed by atoms with Gasteiger partial charge in [0.1, 0.15) is 5.75 Å². The van der Waals surface area contributed by atoms with Crippen LogP contribution in [-0.4, -0.2) is 34.2 Å². The number of hydrogen-bond acceptors (Lipinski definition) is 4. The molecule has 2 aromatic rings. The molecule has 28 heavy (non-hydrogen) atoms. The second-order valence-electron chi connectivity index (χ2n) is 6.76. The molecule has 1 amide bonds. The number of methoxy groups -OCH3 is 1. The van der Waals surface area contributed by atoms with Gasteiger partial charge in [0.05, 0.1) is 25.1 Å². The molecule has 0 bridgehead atoms. The van der Waals surface area contributed by atoms with Crippen molar-refractivity contribution in [1.82, 2.24) is 5.32 Å². The molecule has 1 N–H and O–H groups in total. The number of carbonyl (C=O) groups excluding carboxylic acids is 1. The normalized spacial score (nSPS) is 12.3. The van der Waals surface area contributed by atoms with E-state index in [9.17, 15) is 13.2 Å². The molecule has 0 radical (unpaired) electrons. The highest BCUT2D eigenvalue weighted by atomic mass is 32.2. The van der Waals surface area contributed by atoms with Crippen molar-refractivity contribution in [1.29, 1.82) is 0 Å². The summed E-state index contributed by atoms with van der Waals surface area (Å²) in [7, 11) is -1.83. The lowest BCUT2D eigenvalue weighted by atomic mass is 10.1. The SMILES string of the molecule is COc1ccccc1C(C)NC(=O)CCCN(c1ccccc1C)S(C)(=O)=O. The lowest BCUT2D eigenvalue weighted by molar-refractivity contribution is -0.121. The van der Waals surface area contributed by atoms with Crippen LogP contribution in [-0.2, 0) is 14.8 Å². The minimum atomic E-state index is -3.43. The number of ether oxygens (including phenoxy) is 1. The zero-order valence-electron chi connectivity index (χ0n) is 16.8. The molecule has 152 valence electrons. The van der Waals surface area contributed by atoms with Gasteiger partial charge in [0.2, 0.25) is 15.9 Å². The first-order valence-corrected chi connectivity index (χ1v) is 11.0. The van der Waals surface area contributed by atoms with Crippen LogP contribution in [0.3, 0.4) is 0 Å². The molecule has 6 nitrogen and oxygen atoms in total. The highest BCUT2D eigenvalue weighted by Crippen LogP contribution is 2.25. The van der Waals surface area contributed by atoms with Gasteiger partial charge in [-0.2, -0.15) is 0 Å². The van der Waals surface area contributed by atoms with Gasteiger partial charge in [0.25, 0.3) is 0 Å². The molecule has 0 saturated carbocycles. The van der Waals surface area contributed by atoms with E-state index in [1.54, 1.807) is 13.2 Å². The lowest BCUT2D eigenvalue weighted by Gasteiger charge is -2.24. The number of rotatable bonds is 9. The molecule has 2 aromatic carbocycles. The molecule has 1 atom stereocenters. The Balaban J connectivity index is 1.97. The molecule has 2 rings (SSSR count). The van der Waals surface area contributed by atoms with Crippen molar-refractivity contribution in [3.63, 3.8) is 0 Å². The van der Waals surface area contributed by atoms with Gasteiger partial charge in [-0.15, -0.1) is 0 Å². The summed E-state index contributed by atoms with van der Waals surface area (Å²) in [5, 5.41) is 2.95. The van der Waals surface area contributed by atoms with Gasteiger partial charge in [0, 0.05) is 18.5 Å². The van der Waals surface area contributed by atoms with Crippen molar-refractivity contribution >= 4 is 21.6 Å². The van der Waals surface area contributed by atoms with Crippen LogP contribution < -0.4 is 14.4 Å². The number of nitrogens with one attached hydrogen (secondary N) is 1. The topological polar surface area (TPSA) is 75.7 Å². The van der Waals surface area contributed by atoms with Gasteiger partial charge < -0.3 is 10.1 Å². The number of nitrogens with zero attached hydrogens (tertiary/aromatic N) is 1. The zero-order chi connectivity index (χ0) is 20.7.